The Morgan fingerprint density at radius 3 is 2.60 bits per heavy atom. The lowest BCUT2D eigenvalue weighted by atomic mass is 10.1. The molecule has 0 unspecified atom stereocenters. The van der Waals surface area contributed by atoms with Crippen molar-refractivity contribution in [2.75, 3.05) is 19.5 Å². The standard InChI is InChI=1S/C22H21N5O3/c1-14-20(22(28)23-16-10-7-11-17(12-16)30-3)24-25-21-19(15-8-5-4-6-9-15)18(13-29-2)26-27(14)21/h4-12H,13H2,1-3H3,(H,23,28). The number of amides is 1. The Morgan fingerprint density at radius 1 is 1.07 bits per heavy atom. The summed E-state index contributed by atoms with van der Waals surface area (Å²) in [5, 5.41) is 16.0. The van der Waals surface area contributed by atoms with Gasteiger partial charge < -0.3 is 14.8 Å². The maximum atomic E-state index is 12.8. The van der Waals surface area contributed by atoms with Gasteiger partial charge in [0.25, 0.3) is 5.91 Å². The highest BCUT2D eigenvalue weighted by Gasteiger charge is 2.21. The molecule has 0 bridgehead atoms. The van der Waals surface area contributed by atoms with Crippen molar-refractivity contribution in [2.24, 2.45) is 0 Å². The quantitative estimate of drug-likeness (QED) is 0.530. The van der Waals surface area contributed by atoms with Crippen LogP contribution in [0.1, 0.15) is 21.9 Å². The Labute approximate surface area is 173 Å². The van der Waals surface area contributed by atoms with Crippen molar-refractivity contribution in [1.29, 1.82) is 0 Å². The number of methoxy groups -OCH3 is 2. The van der Waals surface area contributed by atoms with Gasteiger partial charge in [0.15, 0.2) is 11.3 Å². The number of nitrogens with one attached hydrogen (secondary N) is 1. The van der Waals surface area contributed by atoms with Crippen LogP contribution in [0.15, 0.2) is 54.6 Å². The Balaban J connectivity index is 1.76. The second-order valence-electron chi connectivity index (χ2n) is 6.68. The number of carbonyl (C=O) groups is 1. The van der Waals surface area contributed by atoms with Crippen LogP contribution in [0.3, 0.4) is 0 Å². The summed E-state index contributed by atoms with van der Waals surface area (Å²) in [4.78, 5) is 12.8. The smallest absolute Gasteiger partial charge is 0.278 e. The van der Waals surface area contributed by atoms with Crippen LogP contribution in [-0.2, 0) is 11.3 Å². The molecule has 0 spiro atoms. The summed E-state index contributed by atoms with van der Waals surface area (Å²) in [5.41, 5.74) is 4.48. The Kier molecular flexibility index (Phi) is 5.40. The van der Waals surface area contributed by atoms with Gasteiger partial charge in [-0.25, -0.2) is 4.52 Å². The Hall–Kier alpha value is -3.78. The molecule has 2 aromatic heterocycles. The summed E-state index contributed by atoms with van der Waals surface area (Å²) >= 11 is 0. The van der Waals surface area contributed by atoms with Crippen LogP contribution in [0, 0.1) is 6.92 Å². The van der Waals surface area contributed by atoms with E-state index in [9.17, 15) is 4.79 Å². The molecule has 30 heavy (non-hydrogen) atoms. The number of aromatic nitrogens is 4. The molecule has 0 fully saturated rings. The van der Waals surface area contributed by atoms with Gasteiger partial charge in [-0.2, -0.15) is 5.10 Å². The molecule has 0 radical (unpaired) electrons. The molecular formula is C22H21N5O3. The van der Waals surface area contributed by atoms with E-state index in [1.54, 1.807) is 49.9 Å². The number of nitrogens with zero attached hydrogens (tertiary/aromatic N) is 4. The molecule has 0 saturated heterocycles. The zero-order valence-corrected chi connectivity index (χ0v) is 16.9. The number of rotatable bonds is 6. The molecule has 0 saturated carbocycles. The molecular weight excluding hydrogens is 382 g/mol. The molecule has 0 aliphatic heterocycles. The van der Waals surface area contributed by atoms with Crippen molar-refractivity contribution in [2.45, 2.75) is 13.5 Å². The van der Waals surface area contributed by atoms with Gasteiger partial charge >= 0.3 is 0 Å². The second kappa shape index (κ2) is 8.30. The molecule has 0 aliphatic carbocycles. The number of benzene rings is 2. The van der Waals surface area contributed by atoms with Crippen molar-refractivity contribution >= 4 is 17.2 Å². The van der Waals surface area contributed by atoms with Gasteiger partial charge in [-0.1, -0.05) is 36.4 Å². The predicted octanol–water partition coefficient (Wildman–Crippen LogP) is 3.51. The second-order valence-corrected chi connectivity index (χ2v) is 6.68. The van der Waals surface area contributed by atoms with Crippen LogP contribution in [0.5, 0.6) is 5.75 Å². The third-order valence-electron chi connectivity index (χ3n) is 4.72. The Bertz CT molecular complexity index is 1200. The first kappa shape index (κ1) is 19.5. The summed E-state index contributed by atoms with van der Waals surface area (Å²) in [6.45, 7) is 2.11. The van der Waals surface area contributed by atoms with E-state index >= 15 is 0 Å². The minimum atomic E-state index is -0.375. The maximum absolute atomic E-state index is 12.8. The zero-order chi connectivity index (χ0) is 21.1. The molecule has 2 heterocycles. The van der Waals surface area contributed by atoms with Gasteiger partial charge in [0, 0.05) is 18.9 Å². The molecule has 0 atom stereocenters. The van der Waals surface area contributed by atoms with Crippen molar-refractivity contribution in [3.05, 3.63) is 71.7 Å². The molecule has 2 aromatic carbocycles. The lowest BCUT2D eigenvalue weighted by Gasteiger charge is -2.09. The molecule has 4 aromatic rings. The van der Waals surface area contributed by atoms with Gasteiger partial charge in [-0.3, -0.25) is 4.79 Å². The Morgan fingerprint density at radius 2 is 1.87 bits per heavy atom. The topological polar surface area (TPSA) is 90.6 Å². The van der Waals surface area contributed by atoms with E-state index in [1.807, 2.05) is 30.3 Å². The average molecular weight is 403 g/mol. The normalized spacial score (nSPS) is 10.9. The van der Waals surface area contributed by atoms with Crippen molar-refractivity contribution in [1.82, 2.24) is 19.8 Å². The van der Waals surface area contributed by atoms with Crippen molar-refractivity contribution in [3.8, 4) is 16.9 Å². The molecule has 8 nitrogen and oxygen atoms in total. The van der Waals surface area contributed by atoms with E-state index in [4.69, 9.17) is 9.47 Å². The minimum absolute atomic E-state index is 0.191. The first-order chi connectivity index (χ1) is 14.6. The van der Waals surface area contributed by atoms with E-state index < -0.39 is 0 Å². The van der Waals surface area contributed by atoms with Crippen molar-refractivity contribution < 1.29 is 14.3 Å². The third kappa shape index (κ3) is 3.60. The predicted molar refractivity (Wildman–Crippen MR) is 113 cm³/mol. The van der Waals surface area contributed by atoms with Crippen LogP contribution in [-0.4, -0.2) is 39.9 Å². The number of fused-ring (bicyclic) bond motifs is 1. The van der Waals surface area contributed by atoms with Crippen LogP contribution >= 0.6 is 0 Å². The summed E-state index contributed by atoms with van der Waals surface area (Å²) in [5.74, 6) is 0.273. The largest absolute Gasteiger partial charge is 0.497 e. The monoisotopic (exact) mass is 403 g/mol. The van der Waals surface area contributed by atoms with E-state index in [1.165, 1.54) is 0 Å². The fraction of sp³-hybridized carbons (Fsp3) is 0.182. The minimum Gasteiger partial charge on any atom is -0.497 e. The van der Waals surface area contributed by atoms with E-state index in [2.05, 4.69) is 20.6 Å². The molecule has 0 aliphatic rings. The van der Waals surface area contributed by atoms with Crippen LogP contribution in [0.25, 0.3) is 16.8 Å². The number of hydrogen-bond acceptors (Lipinski definition) is 6. The van der Waals surface area contributed by atoms with Gasteiger partial charge in [0.1, 0.15) is 5.75 Å². The first-order valence-corrected chi connectivity index (χ1v) is 9.37. The fourth-order valence-electron chi connectivity index (χ4n) is 3.29. The van der Waals surface area contributed by atoms with E-state index in [0.717, 1.165) is 16.8 Å². The van der Waals surface area contributed by atoms with Gasteiger partial charge in [0.2, 0.25) is 0 Å². The zero-order valence-electron chi connectivity index (χ0n) is 16.9. The number of ether oxygens (including phenoxy) is 2. The highest BCUT2D eigenvalue weighted by Crippen LogP contribution is 2.28. The highest BCUT2D eigenvalue weighted by atomic mass is 16.5. The number of aryl methyl sites for hydroxylation is 1. The fourth-order valence-corrected chi connectivity index (χ4v) is 3.29. The maximum Gasteiger partial charge on any atom is 0.278 e. The third-order valence-corrected chi connectivity index (χ3v) is 4.72. The number of hydrogen-bond donors (Lipinski definition) is 1. The lowest BCUT2D eigenvalue weighted by Crippen LogP contribution is -2.18. The highest BCUT2D eigenvalue weighted by molar-refractivity contribution is 6.03. The molecule has 1 N–H and O–H groups in total. The van der Waals surface area contributed by atoms with Gasteiger partial charge in [0.05, 0.1) is 30.7 Å². The molecule has 4 rings (SSSR count). The van der Waals surface area contributed by atoms with Crippen molar-refractivity contribution in [3.63, 3.8) is 0 Å². The summed E-state index contributed by atoms with van der Waals surface area (Å²) in [6.07, 6.45) is 0. The molecule has 152 valence electrons. The summed E-state index contributed by atoms with van der Waals surface area (Å²) < 4.78 is 12.2. The van der Waals surface area contributed by atoms with E-state index in [0.29, 0.717) is 29.4 Å². The van der Waals surface area contributed by atoms with Gasteiger partial charge in [-0.05, 0) is 24.6 Å². The lowest BCUT2D eigenvalue weighted by molar-refractivity contribution is 0.102. The number of carbonyl (C=O) groups excluding carboxylic acids is 1. The first-order valence-electron chi connectivity index (χ1n) is 9.37. The number of anilines is 1. The SMILES string of the molecule is COCc1nn2c(C)c(C(=O)Nc3cccc(OC)c3)nnc2c1-c1ccccc1. The van der Waals surface area contributed by atoms with Crippen LogP contribution < -0.4 is 10.1 Å². The van der Waals surface area contributed by atoms with E-state index in [-0.39, 0.29) is 11.6 Å². The van der Waals surface area contributed by atoms with Gasteiger partial charge in [-0.15, -0.1) is 10.2 Å². The summed E-state index contributed by atoms with van der Waals surface area (Å²) in [7, 11) is 3.19. The summed E-state index contributed by atoms with van der Waals surface area (Å²) in [6, 6.07) is 16.9. The molecule has 1 amide bonds. The van der Waals surface area contributed by atoms with Crippen LogP contribution in [0.2, 0.25) is 0 Å². The molecule has 8 heteroatoms. The van der Waals surface area contributed by atoms with Crippen LogP contribution in [0.4, 0.5) is 5.69 Å². The average Bonchev–Trinajstić information content (AvgIpc) is 3.14.